The van der Waals surface area contributed by atoms with Crippen LogP contribution in [0.3, 0.4) is 0 Å². The SMILES string of the molecule is C=Cc1ccc2c(CCCc3cc4ccccc4c4cc(C=C)ccc34)cc3ccccc3c2c1. The minimum Gasteiger partial charge on any atom is -0.0985 e. The Bertz CT molecular complexity index is 1620. The van der Waals surface area contributed by atoms with Crippen LogP contribution >= 0.6 is 0 Å². The van der Waals surface area contributed by atoms with Gasteiger partial charge in [-0.2, -0.15) is 0 Å². The number of benzene rings is 6. The summed E-state index contributed by atoms with van der Waals surface area (Å²) in [5.74, 6) is 0. The topological polar surface area (TPSA) is 0 Å². The predicted octanol–water partition coefficient (Wildman–Crippen LogP) is 9.76. The van der Waals surface area contributed by atoms with Gasteiger partial charge in [-0.3, -0.25) is 0 Å². The molecule has 0 spiro atoms. The van der Waals surface area contributed by atoms with Gasteiger partial charge in [0.15, 0.2) is 0 Å². The monoisotopic (exact) mass is 448 g/mol. The van der Waals surface area contributed by atoms with Crippen LogP contribution in [-0.4, -0.2) is 0 Å². The summed E-state index contributed by atoms with van der Waals surface area (Å²) in [5, 5.41) is 10.6. The van der Waals surface area contributed by atoms with Crippen molar-refractivity contribution in [2.24, 2.45) is 0 Å². The van der Waals surface area contributed by atoms with E-state index >= 15 is 0 Å². The second-order valence-electron chi connectivity index (χ2n) is 9.39. The molecule has 0 aromatic heterocycles. The maximum absolute atomic E-state index is 3.98. The van der Waals surface area contributed by atoms with E-state index < -0.39 is 0 Å². The molecule has 6 aromatic carbocycles. The number of hydrogen-bond donors (Lipinski definition) is 0. The Labute approximate surface area is 206 Å². The summed E-state index contributed by atoms with van der Waals surface area (Å²) in [5.41, 5.74) is 5.18. The highest BCUT2D eigenvalue weighted by Gasteiger charge is 2.10. The van der Waals surface area contributed by atoms with Crippen molar-refractivity contribution in [2.45, 2.75) is 19.3 Å². The summed E-state index contributed by atoms with van der Waals surface area (Å²) < 4.78 is 0. The fraction of sp³-hybridized carbons (Fsp3) is 0.0857. The summed E-state index contributed by atoms with van der Waals surface area (Å²) in [6, 6.07) is 35.7. The summed E-state index contributed by atoms with van der Waals surface area (Å²) in [6.07, 6.45) is 7.07. The number of rotatable bonds is 6. The zero-order chi connectivity index (χ0) is 23.8. The van der Waals surface area contributed by atoms with Crippen molar-refractivity contribution in [3.63, 3.8) is 0 Å². The molecular weight excluding hydrogens is 420 g/mol. The lowest BCUT2D eigenvalue weighted by molar-refractivity contribution is 0.831. The van der Waals surface area contributed by atoms with E-state index in [0.29, 0.717) is 0 Å². The zero-order valence-corrected chi connectivity index (χ0v) is 19.9. The Hall–Kier alpha value is -4.16. The second-order valence-corrected chi connectivity index (χ2v) is 9.39. The number of fused-ring (bicyclic) bond motifs is 6. The lowest BCUT2D eigenvalue weighted by Gasteiger charge is -2.14. The molecule has 0 saturated carbocycles. The van der Waals surface area contributed by atoms with E-state index in [2.05, 4.69) is 110 Å². The second kappa shape index (κ2) is 8.89. The molecule has 0 amide bonds. The third kappa shape index (κ3) is 3.82. The molecule has 0 heterocycles. The van der Waals surface area contributed by atoms with Gasteiger partial charge in [0, 0.05) is 0 Å². The smallest absolute Gasteiger partial charge is 0.00967 e. The van der Waals surface area contributed by atoms with Crippen molar-refractivity contribution in [3.8, 4) is 0 Å². The molecule has 6 aromatic rings. The molecule has 6 rings (SSSR count). The molecule has 0 atom stereocenters. The molecule has 0 saturated heterocycles. The van der Waals surface area contributed by atoms with Crippen molar-refractivity contribution in [3.05, 3.63) is 132 Å². The molecule has 168 valence electrons. The first kappa shape index (κ1) is 21.4. The van der Waals surface area contributed by atoms with Gasteiger partial charge in [0.2, 0.25) is 0 Å². The Morgan fingerprint density at radius 3 is 1.37 bits per heavy atom. The molecule has 0 aliphatic rings. The molecule has 0 bridgehead atoms. The molecular formula is C35H28. The molecule has 0 aliphatic heterocycles. The van der Waals surface area contributed by atoms with E-state index in [0.717, 1.165) is 19.3 Å². The lowest BCUT2D eigenvalue weighted by Crippen LogP contribution is -1.95. The normalized spacial score (nSPS) is 11.4. The third-order valence-electron chi connectivity index (χ3n) is 7.30. The maximum atomic E-state index is 3.98. The fourth-order valence-corrected chi connectivity index (χ4v) is 5.53. The molecule has 0 unspecified atom stereocenters. The van der Waals surface area contributed by atoms with Crippen LogP contribution in [0.15, 0.2) is 110 Å². The Balaban J connectivity index is 1.39. The van der Waals surface area contributed by atoms with Crippen molar-refractivity contribution in [1.82, 2.24) is 0 Å². The third-order valence-corrected chi connectivity index (χ3v) is 7.30. The van der Waals surface area contributed by atoms with Crippen LogP contribution in [-0.2, 0) is 12.8 Å². The van der Waals surface area contributed by atoms with E-state index in [1.54, 1.807) is 0 Å². The van der Waals surface area contributed by atoms with Crippen LogP contribution < -0.4 is 0 Å². The highest BCUT2D eigenvalue weighted by atomic mass is 14.1. The van der Waals surface area contributed by atoms with Crippen molar-refractivity contribution < 1.29 is 0 Å². The molecule has 0 N–H and O–H groups in total. The van der Waals surface area contributed by atoms with Gasteiger partial charge in [0.1, 0.15) is 0 Å². The Morgan fingerprint density at radius 1 is 0.457 bits per heavy atom. The lowest BCUT2D eigenvalue weighted by atomic mass is 9.91. The molecule has 0 nitrogen and oxygen atoms in total. The molecule has 0 heteroatoms. The van der Waals surface area contributed by atoms with Crippen molar-refractivity contribution in [2.75, 3.05) is 0 Å². The summed E-state index contributed by atoms with van der Waals surface area (Å²) in [4.78, 5) is 0. The van der Waals surface area contributed by atoms with Gasteiger partial charge in [0.25, 0.3) is 0 Å². The molecule has 0 aliphatic carbocycles. The van der Waals surface area contributed by atoms with Crippen LogP contribution in [0.25, 0.3) is 55.2 Å². The average Bonchev–Trinajstić information content (AvgIpc) is 2.92. The summed E-state index contributed by atoms with van der Waals surface area (Å²) in [6.45, 7) is 7.95. The molecule has 0 fully saturated rings. The average molecular weight is 449 g/mol. The van der Waals surface area contributed by atoms with Crippen LogP contribution in [0, 0.1) is 0 Å². The van der Waals surface area contributed by atoms with Crippen LogP contribution in [0.5, 0.6) is 0 Å². The van der Waals surface area contributed by atoms with Crippen LogP contribution in [0.2, 0.25) is 0 Å². The first-order valence-corrected chi connectivity index (χ1v) is 12.4. The van der Waals surface area contributed by atoms with Gasteiger partial charge in [0.05, 0.1) is 0 Å². The van der Waals surface area contributed by atoms with Crippen molar-refractivity contribution >= 4 is 55.2 Å². The Morgan fingerprint density at radius 2 is 0.914 bits per heavy atom. The van der Waals surface area contributed by atoms with E-state index in [1.165, 1.54) is 65.3 Å². The van der Waals surface area contributed by atoms with Gasteiger partial charge in [-0.1, -0.05) is 110 Å². The molecule has 0 radical (unpaired) electrons. The predicted molar refractivity (Wildman–Crippen MR) is 155 cm³/mol. The highest BCUT2D eigenvalue weighted by Crippen LogP contribution is 2.33. The fourth-order valence-electron chi connectivity index (χ4n) is 5.53. The van der Waals surface area contributed by atoms with Crippen LogP contribution in [0.4, 0.5) is 0 Å². The first-order valence-electron chi connectivity index (χ1n) is 12.4. The number of aryl methyl sites for hydroxylation is 2. The summed E-state index contributed by atoms with van der Waals surface area (Å²) >= 11 is 0. The minimum atomic E-state index is 1.05. The summed E-state index contributed by atoms with van der Waals surface area (Å²) in [7, 11) is 0. The highest BCUT2D eigenvalue weighted by molar-refractivity contribution is 6.10. The first-order chi connectivity index (χ1) is 17.2. The van der Waals surface area contributed by atoms with Gasteiger partial charge in [-0.05, 0) is 96.7 Å². The van der Waals surface area contributed by atoms with Gasteiger partial charge < -0.3 is 0 Å². The number of hydrogen-bond acceptors (Lipinski definition) is 0. The van der Waals surface area contributed by atoms with Gasteiger partial charge in [-0.15, -0.1) is 0 Å². The van der Waals surface area contributed by atoms with Gasteiger partial charge >= 0.3 is 0 Å². The molecule has 35 heavy (non-hydrogen) atoms. The van der Waals surface area contributed by atoms with Crippen LogP contribution in [0.1, 0.15) is 28.7 Å². The van der Waals surface area contributed by atoms with Crippen molar-refractivity contribution in [1.29, 1.82) is 0 Å². The zero-order valence-electron chi connectivity index (χ0n) is 19.9. The van der Waals surface area contributed by atoms with E-state index in [-0.39, 0.29) is 0 Å². The van der Waals surface area contributed by atoms with E-state index in [1.807, 2.05) is 12.2 Å². The maximum Gasteiger partial charge on any atom is -0.00967 e. The van der Waals surface area contributed by atoms with E-state index in [4.69, 9.17) is 0 Å². The standard InChI is InChI=1S/C35H28/c1-3-24-16-18-32-28(22-26-10-5-7-14-30(26)34(32)20-24)12-9-13-29-23-27-11-6-8-15-31(27)35-21-25(4-2)17-19-33(29)35/h3-8,10-11,14-23H,1-2,9,12-13H2. The Kier molecular flexibility index (Phi) is 5.43. The van der Waals surface area contributed by atoms with E-state index in [9.17, 15) is 0 Å². The van der Waals surface area contributed by atoms with Gasteiger partial charge in [-0.25, -0.2) is 0 Å². The minimum absolute atomic E-state index is 1.05. The quantitative estimate of drug-likeness (QED) is 0.222. The largest absolute Gasteiger partial charge is 0.0985 e.